The van der Waals surface area contributed by atoms with Crippen LogP contribution in [0.1, 0.15) is 27.0 Å². The summed E-state index contributed by atoms with van der Waals surface area (Å²) in [6.07, 6.45) is 1.43. The zero-order chi connectivity index (χ0) is 24.7. The van der Waals surface area contributed by atoms with Gasteiger partial charge in [-0.3, -0.25) is 4.79 Å². The number of hydrogen-bond acceptors (Lipinski definition) is 6. The van der Waals surface area contributed by atoms with Gasteiger partial charge in [0.25, 0.3) is 5.91 Å². The lowest BCUT2D eigenvalue weighted by Gasteiger charge is -2.11. The number of nitrogens with one attached hydrogen (secondary N) is 1. The summed E-state index contributed by atoms with van der Waals surface area (Å²) in [5.74, 6) is 0.0782. The molecule has 0 aliphatic heterocycles. The van der Waals surface area contributed by atoms with Crippen molar-refractivity contribution in [2.75, 3.05) is 13.7 Å². The van der Waals surface area contributed by atoms with Crippen LogP contribution in [0.4, 0.5) is 0 Å². The van der Waals surface area contributed by atoms with Crippen molar-refractivity contribution >= 4 is 41.3 Å². The summed E-state index contributed by atoms with van der Waals surface area (Å²) in [6, 6.07) is 14.9. The van der Waals surface area contributed by atoms with Crippen molar-refractivity contribution in [1.29, 1.82) is 0 Å². The van der Waals surface area contributed by atoms with Crippen molar-refractivity contribution < 1.29 is 23.8 Å². The second-order valence-corrected chi connectivity index (χ2v) is 8.05. The lowest BCUT2D eigenvalue weighted by atomic mass is 10.1. The number of halogens is 2. The number of hydrazone groups is 1. The summed E-state index contributed by atoms with van der Waals surface area (Å²) < 4.78 is 16.3. The molecular weight excluding hydrogens is 479 g/mol. The van der Waals surface area contributed by atoms with E-state index < -0.39 is 11.9 Å². The maximum absolute atomic E-state index is 12.5. The Bertz CT molecular complexity index is 1240. The van der Waals surface area contributed by atoms with Crippen molar-refractivity contribution in [2.45, 2.75) is 13.8 Å². The predicted molar refractivity (Wildman–Crippen MR) is 132 cm³/mol. The monoisotopic (exact) mass is 500 g/mol. The van der Waals surface area contributed by atoms with Gasteiger partial charge in [0, 0.05) is 5.02 Å². The first-order valence-electron chi connectivity index (χ1n) is 10.1. The fourth-order valence-electron chi connectivity index (χ4n) is 2.89. The van der Waals surface area contributed by atoms with Gasteiger partial charge in [0.05, 0.1) is 23.9 Å². The molecule has 0 saturated heterocycles. The SMILES string of the molecule is COc1cc(/C=N\NC(=O)COc2cccc(C)c2C)ccc1OC(=O)c1ccc(Cl)cc1Cl. The third kappa shape index (κ3) is 6.50. The number of amides is 1. The molecule has 0 aliphatic rings. The minimum atomic E-state index is -0.655. The fourth-order valence-corrected chi connectivity index (χ4v) is 3.38. The van der Waals surface area contributed by atoms with E-state index in [1.165, 1.54) is 25.5 Å². The Labute approximate surface area is 207 Å². The topological polar surface area (TPSA) is 86.2 Å². The second-order valence-electron chi connectivity index (χ2n) is 7.20. The number of aryl methyl sites for hydroxylation is 1. The van der Waals surface area contributed by atoms with Crippen LogP contribution in [0.2, 0.25) is 10.0 Å². The van der Waals surface area contributed by atoms with E-state index in [-0.39, 0.29) is 22.9 Å². The summed E-state index contributed by atoms with van der Waals surface area (Å²) in [5, 5.41) is 4.52. The molecule has 3 rings (SSSR count). The molecule has 3 aromatic rings. The maximum atomic E-state index is 12.5. The normalized spacial score (nSPS) is 10.7. The van der Waals surface area contributed by atoms with Crippen molar-refractivity contribution in [3.05, 3.63) is 86.9 Å². The van der Waals surface area contributed by atoms with Crippen LogP contribution in [0.3, 0.4) is 0 Å². The average molecular weight is 501 g/mol. The van der Waals surface area contributed by atoms with Crippen molar-refractivity contribution in [3.8, 4) is 17.2 Å². The number of methoxy groups -OCH3 is 1. The van der Waals surface area contributed by atoms with Gasteiger partial charge in [0.15, 0.2) is 18.1 Å². The molecule has 0 saturated carbocycles. The first-order valence-corrected chi connectivity index (χ1v) is 10.9. The lowest BCUT2D eigenvalue weighted by Crippen LogP contribution is -2.24. The number of esters is 1. The minimum Gasteiger partial charge on any atom is -0.493 e. The number of nitrogens with zero attached hydrogens (tertiary/aromatic N) is 1. The number of carbonyl (C=O) groups excluding carboxylic acids is 2. The van der Waals surface area contributed by atoms with Crippen molar-refractivity contribution in [1.82, 2.24) is 5.43 Å². The predicted octanol–water partition coefficient (Wildman–Crippen LogP) is 5.37. The number of hydrogen-bond donors (Lipinski definition) is 1. The maximum Gasteiger partial charge on any atom is 0.345 e. The van der Waals surface area contributed by atoms with Crippen LogP contribution >= 0.6 is 23.2 Å². The lowest BCUT2D eigenvalue weighted by molar-refractivity contribution is -0.123. The number of benzene rings is 3. The van der Waals surface area contributed by atoms with Gasteiger partial charge in [-0.2, -0.15) is 5.10 Å². The molecule has 0 fully saturated rings. The zero-order valence-corrected chi connectivity index (χ0v) is 20.2. The van der Waals surface area contributed by atoms with E-state index in [9.17, 15) is 9.59 Å². The van der Waals surface area contributed by atoms with E-state index in [1.807, 2.05) is 26.0 Å². The largest absolute Gasteiger partial charge is 0.493 e. The molecule has 0 aliphatic carbocycles. The van der Waals surface area contributed by atoms with Crippen LogP contribution in [0.5, 0.6) is 17.2 Å². The Morgan fingerprint density at radius 1 is 1.00 bits per heavy atom. The van der Waals surface area contributed by atoms with Crippen LogP contribution in [-0.4, -0.2) is 31.8 Å². The Morgan fingerprint density at radius 2 is 1.79 bits per heavy atom. The van der Waals surface area contributed by atoms with Crippen LogP contribution in [0, 0.1) is 13.8 Å². The number of rotatable bonds is 8. The van der Waals surface area contributed by atoms with Gasteiger partial charge in [-0.05, 0) is 73.0 Å². The molecule has 0 radical (unpaired) electrons. The van der Waals surface area contributed by atoms with Gasteiger partial charge in [-0.1, -0.05) is 35.3 Å². The summed E-state index contributed by atoms with van der Waals surface area (Å²) in [5.41, 5.74) is 5.24. The highest BCUT2D eigenvalue weighted by atomic mass is 35.5. The smallest absolute Gasteiger partial charge is 0.345 e. The molecule has 0 bridgehead atoms. The standard InChI is InChI=1S/C25H22Cl2N2O5/c1-15-5-4-6-21(16(15)2)33-14-24(30)29-28-13-17-7-10-22(23(11-17)32-3)34-25(31)19-9-8-18(26)12-20(19)27/h4-13H,14H2,1-3H3,(H,29,30)/b28-13-. The van der Waals surface area contributed by atoms with Crippen molar-refractivity contribution in [2.24, 2.45) is 5.10 Å². The number of ether oxygens (including phenoxy) is 3. The van der Waals surface area contributed by atoms with Gasteiger partial charge in [0.2, 0.25) is 0 Å². The third-order valence-electron chi connectivity index (χ3n) is 4.86. The van der Waals surface area contributed by atoms with Crippen LogP contribution in [0.15, 0.2) is 59.7 Å². The quantitative estimate of drug-likeness (QED) is 0.194. The molecule has 1 amide bonds. The van der Waals surface area contributed by atoms with E-state index in [1.54, 1.807) is 30.3 Å². The molecule has 0 aromatic heterocycles. The molecular formula is C25H22Cl2N2O5. The van der Waals surface area contributed by atoms with E-state index in [0.29, 0.717) is 22.1 Å². The molecule has 0 heterocycles. The highest BCUT2D eigenvalue weighted by Gasteiger charge is 2.16. The van der Waals surface area contributed by atoms with Gasteiger partial charge >= 0.3 is 5.97 Å². The van der Waals surface area contributed by atoms with Gasteiger partial charge in [0.1, 0.15) is 5.75 Å². The number of carbonyl (C=O) groups is 2. The Hall–Kier alpha value is -3.55. The molecule has 0 atom stereocenters. The minimum absolute atomic E-state index is 0.171. The Kier molecular flexibility index (Phi) is 8.51. The van der Waals surface area contributed by atoms with E-state index in [2.05, 4.69) is 10.5 Å². The average Bonchev–Trinajstić information content (AvgIpc) is 2.80. The highest BCUT2D eigenvalue weighted by molar-refractivity contribution is 6.36. The molecule has 176 valence electrons. The van der Waals surface area contributed by atoms with E-state index in [0.717, 1.165) is 11.1 Å². The molecule has 9 heteroatoms. The Balaban J connectivity index is 1.59. The van der Waals surface area contributed by atoms with Gasteiger partial charge in [-0.15, -0.1) is 0 Å². The summed E-state index contributed by atoms with van der Waals surface area (Å²) in [4.78, 5) is 24.5. The second kappa shape index (κ2) is 11.5. The van der Waals surface area contributed by atoms with Crippen LogP contribution in [0.25, 0.3) is 0 Å². The molecule has 0 unspecified atom stereocenters. The summed E-state index contributed by atoms with van der Waals surface area (Å²) >= 11 is 11.9. The van der Waals surface area contributed by atoms with Crippen molar-refractivity contribution in [3.63, 3.8) is 0 Å². The van der Waals surface area contributed by atoms with Crippen LogP contribution < -0.4 is 19.6 Å². The zero-order valence-electron chi connectivity index (χ0n) is 18.7. The molecule has 34 heavy (non-hydrogen) atoms. The third-order valence-corrected chi connectivity index (χ3v) is 5.41. The molecule has 1 N–H and O–H groups in total. The summed E-state index contributed by atoms with van der Waals surface area (Å²) in [6.45, 7) is 3.73. The van der Waals surface area contributed by atoms with E-state index in [4.69, 9.17) is 37.4 Å². The molecule has 7 nitrogen and oxygen atoms in total. The highest BCUT2D eigenvalue weighted by Crippen LogP contribution is 2.30. The first-order chi connectivity index (χ1) is 16.3. The van der Waals surface area contributed by atoms with Gasteiger partial charge < -0.3 is 14.2 Å². The Morgan fingerprint density at radius 3 is 2.53 bits per heavy atom. The fraction of sp³-hybridized carbons (Fsp3) is 0.160. The molecule has 0 spiro atoms. The van der Waals surface area contributed by atoms with E-state index >= 15 is 0 Å². The van der Waals surface area contributed by atoms with Crippen LogP contribution in [-0.2, 0) is 4.79 Å². The molecule has 3 aromatic carbocycles. The van der Waals surface area contributed by atoms with Gasteiger partial charge in [-0.25, -0.2) is 10.2 Å². The summed E-state index contributed by atoms with van der Waals surface area (Å²) in [7, 11) is 1.44. The first kappa shape index (κ1) is 25.1.